The lowest BCUT2D eigenvalue weighted by atomic mass is 9.96. The standard InChI is InChI=1S/C16H20N2O2/c19-14-9-8-13(10-17-14)16(20)18-15(12-6-7-12)11-4-2-1-3-5-11/h1-5,12-13,15H,6-10H2,(H,17,19)(H,18,20). The minimum Gasteiger partial charge on any atom is -0.355 e. The maximum atomic E-state index is 12.4. The van der Waals surface area contributed by atoms with E-state index in [9.17, 15) is 9.59 Å². The number of benzene rings is 1. The predicted octanol–water partition coefficient (Wildman–Crippen LogP) is 1.78. The molecule has 0 bridgehead atoms. The Hall–Kier alpha value is -1.84. The lowest BCUT2D eigenvalue weighted by Gasteiger charge is -2.25. The summed E-state index contributed by atoms with van der Waals surface area (Å²) < 4.78 is 0. The van der Waals surface area contributed by atoms with E-state index in [2.05, 4.69) is 22.8 Å². The highest BCUT2D eigenvalue weighted by atomic mass is 16.2. The number of nitrogens with one attached hydrogen (secondary N) is 2. The number of amides is 2. The molecule has 2 fully saturated rings. The summed E-state index contributed by atoms with van der Waals surface area (Å²) >= 11 is 0. The van der Waals surface area contributed by atoms with E-state index in [1.165, 1.54) is 18.4 Å². The van der Waals surface area contributed by atoms with Crippen LogP contribution in [0.5, 0.6) is 0 Å². The molecule has 2 aliphatic rings. The Morgan fingerprint density at radius 3 is 2.55 bits per heavy atom. The lowest BCUT2D eigenvalue weighted by molar-refractivity contribution is -0.129. The van der Waals surface area contributed by atoms with Crippen molar-refractivity contribution in [2.75, 3.05) is 6.54 Å². The topological polar surface area (TPSA) is 58.2 Å². The molecule has 1 aliphatic carbocycles. The molecule has 4 heteroatoms. The van der Waals surface area contributed by atoms with Crippen molar-refractivity contribution in [2.24, 2.45) is 11.8 Å². The van der Waals surface area contributed by atoms with Crippen molar-refractivity contribution in [2.45, 2.75) is 31.7 Å². The Labute approximate surface area is 118 Å². The Balaban J connectivity index is 1.65. The Morgan fingerprint density at radius 2 is 1.95 bits per heavy atom. The largest absolute Gasteiger partial charge is 0.355 e. The van der Waals surface area contributed by atoms with Gasteiger partial charge in [-0.05, 0) is 30.7 Å². The van der Waals surface area contributed by atoms with Crippen LogP contribution in [0.3, 0.4) is 0 Å². The van der Waals surface area contributed by atoms with Crippen LogP contribution in [0.25, 0.3) is 0 Å². The number of carbonyl (C=O) groups excluding carboxylic acids is 2. The first-order valence-corrected chi connectivity index (χ1v) is 7.36. The predicted molar refractivity (Wildman–Crippen MR) is 75.8 cm³/mol. The summed E-state index contributed by atoms with van der Waals surface area (Å²) in [5.41, 5.74) is 1.18. The van der Waals surface area contributed by atoms with E-state index in [1.807, 2.05) is 18.2 Å². The molecule has 1 aromatic carbocycles. The van der Waals surface area contributed by atoms with Gasteiger partial charge in [-0.3, -0.25) is 9.59 Å². The van der Waals surface area contributed by atoms with Crippen LogP contribution in [0.2, 0.25) is 0 Å². The van der Waals surface area contributed by atoms with Gasteiger partial charge in [0.1, 0.15) is 0 Å². The monoisotopic (exact) mass is 272 g/mol. The van der Waals surface area contributed by atoms with Gasteiger partial charge in [0, 0.05) is 13.0 Å². The second-order valence-electron chi connectivity index (χ2n) is 5.77. The fraction of sp³-hybridized carbons (Fsp3) is 0.500. The molecule has 1 aliphatic heterocycles. The zero-order valence-corrected chi connectivity index (χ0v) is 11.5. The van der Waals surface area contributed by atoms with Gasteiger partial charge in [-0.1, -0.05) is 30.3 Å². The number of rotatable bonds is 4. The molecule has 3 rings (SSSR count). The highest BCUT2D eigenvalue weighted by Crippen LogP contribution is 2.41. The van der Waals surface area contributed by atoms with Crippen LogP contribution in [-0.2, 0) is 9.59 Å². The summed E-state index contributed by atoms with van der Waals surface area (Å²) in [5, 5.41) is 5.96. The molecular weight excluding hydrogens is 252 g/mol. The van der Waals surface area contributed by atoms with Crippen LogP contribution < -0.4 is 10.6 Å². The van der Waals surface area contributed by atoms with Gasteiger partial charge in [0.25, 0.3) is 0 Å². The van der Waals surface area contributed by atoms with Gasteiger partial charge in [0.2, 0.25) is 11.8 Å². The van der Waals surface area contributed by atoms with Gasteiger partial charge < -0.3 is 10.6 Å². The third-order valence-electron chi connectivity index (χ3n) is 4.19. The normalized spacial score (nSPS) is 23.8. The smallest absolute Gasteiger partial charge is 0.225 e. The van der Waals surface area contributed by atoms with Crippen molar-refractivity contribution in [3.63, 3.8) is 0 Å². The van der Waals surface area contributed by atoms with Crippen LogP contribution in [0, 0.1) is 11.8 Å². The van der Waals surface area contributed by atoms with Crippen LogP contribution in [0.1, 0.15) is 37.3 Å². The van der Waals surface area contributed by atoms with Gasteiger partial charge in [0.15, 0.2) is 0 Å². The van der Waals surface area contributed by atoms with E-state index >= 15 is 0 Å². The zero-order valence-electron chi connectivity index (χ0n) is 11.5. The quantitative estimate of drug-likeness (QED) is 0.877. The van der Waals surface area contributed by atoms with Gasteiger partial charge in [-0.2, -0.15) is 0 Å². The van der Waals surface area contributed by atoms with Crippen LogP contribution in [0.4, 0.5) is 0 Å². The fourth-order valence-corrected chi connectivity index (χ4v) is 2.79. The molecule has 106 valence electrons. The SMILES string of the molecule is O=C1CCC(C(=O)NC(c2ccccc2)C2CC2)CN1. The molecule has 4 nitrogen and oxygen atoms in total. The molecular formula is C16H20N2O2. The van der Waals surface area contributed by atoms with Crippen LogP contribution >= 0.6 is 0 Å². The van der Waals surface area contributed by atoms with Crippen molar-refractivity contribution in [1.82, 2.24) is 10.6 Å². The molecule has 0 aromatic heterocycles. The van der Waals surface area contributed by atoms with Gasteiger partial charge in [-0.15, -0.1) is 0 Å². The molecule has 2 atom stereocenters. The molecule has 20 heavy (non-hydrogen) atoms. The van der Waals surface area contributed by atoms with Gasteiger partial charge >= 0.3 is 0 Å². The zero-order chi connectivity index (χ0) is 13.9. The highest BCUT2D eigenvalue weighted by Gasteiger charge is 2.35. The first kappa shape index (κ1) is 13.2. The number of hydrogen-bond donors (Lipinski definition) is 2. The summed E-state index contributed by atoms with van der Waals surface area (Å²) in [6.07, 6.45) is 3.48. The maximum Gasteiger partial charge on any atom is 0.225 e. The van der Waals surface area contributed by atoms with E-state index in [4.69, 9.17) is 0 Å². The Bertz CT molecular complexity index is 486. The molecule has 1 heterocycles. The molecule has 1 aromatic rings. The maximum absolute atomic E-state index is 12.4. The second kappa shape index (κ2) is 5.65. The Kier molecular flexibility index (Phi) is 3.72. The number of piperidine rings is 1. The summed E-state index contributed by atoms with van der Waals surface area (Å²) in [4.78, 5) is 23.5. The molecule has 1 saturated heterocycles. The van der Waals surface area contributed by atoms with E-state index in [1.54, 1.807) is 0 Å². The minimum atomic E-state index is -0.0855. The number of hydrogen-bond acceptors (Lipinski definition) is 2. The van der Waals surface area contributed by atoms with E-state index in [0.717, 1.165) is 0 Å². The van der Waals surface area contributed by atoms with Crippen molar-refractivity contribution in [3.8, 4) is 0 Å². The van der Waals surface area contributed by atoms with Crippen molar-refractivity contribution in [3.05, 3.63) is 35.9 Å². The summed E-state index contributed by atoms with van der Waals surface area (Å²) in [7, 11) is 0. The van der Waals surface area contributed by atoms with E-state index < -0.39 is 0 Å². The summed E-state index contributed by atoms with van der Waals surface area (Å²) in [6, 6.07) is 10.3. The Morgan fingerprint density at radius 1 is 1.20 bits per heavy atom. The highest BCUT2D eigenvalue weighted by molar-refractivity contribution is 5.84. The fourth-order valence-electron chi connectivity index (χ4n) is 2.79. The summed E-state index contributed by atoms with van der Waals surface area (Å²) in [5.74, 6) is 0.610. The second-order valence-corrected chi connectivity index (χ2v) is 5.77. The third-order valence-corrected chi connectivity index (χ3v) is 4.19. The molecule has 0 radical (unpaired) electrons. The molecule has 0 spiro atoms. The van der Waals surface area contributed by atoms with Crippen LogP contribution in [-0.4, -0.2) is 18.4 Å². The van der Waals surface area contributed by atoms with E-state index in [0.29, 0.717) is 25.3 Å². The van der Waals surface area contributed by atoms with Gasteiger partial charge in [-0.25, -0.2) is 0 Å². The summed E-state index contributed by atoms with van der Waals surface area (Å²) in [6.45, 7) is 0.469. The molecule has 1 saturated carbocycles. The first-order chi connectivity index (χ1) is 9.74. The number of carbonyl (C=O) groups is 2. The van der Waals surface area contributed by atoms with E-state index in [-0.39, 0.29) is 23.8 Å². The van der Waals surface area contributed by atoms with Crippen LogP contribution in [0.15, 0.2) is 30.3 Å². The minimum absolute atomic E-state index is 0.0517. The first-order valence-electron chi connectivity index (χ1n) is 7.36. The van der Waals surface area contributed by atoms with Crippen molar-refractivity contribution in [1.29, 1.82) is 0 Å². The third kappa shape index (κ3) is 3.00. The molecule has 2 unspecified atom stereocenters. The van der Waals surface area contributed by atoms with Gasteiger partial charge in [0.05, 0.1) is 12.0 Å². The average Bonchev–Trinajstić information content (AvgIpc) is 3.31. The molecule has 2 N–H and O–H groups in total. The average molecular weight is 272 g/mol. The van der Waals surface area contributed by atoms with Crippen molar-refractivity contribution >= 4 is 11.8 Å². The lowest BCUT2D eigenvalue weighted by Crippen LogP contribution is -2.44. The van der Waals surface area contributed by atoms with Crippen molar-refractivity contribution < 1.29 is 9.59 Å². The molecule has 2 amide bonds.